The third-order valence-corrected chi connectivity index (χ3v) is 2.89. The van der Waals surface area contributed by atoms with Crippen LogP contribution in [0.4, 0.5) is 0 Å². The first kappa shape index (κ1) is 16.6. The Hall–Kier alpha value is -2.44. The Morgan fingerprint density at radius 1 is 1.43 bits per heavy atom. The van der Waals surface area contributed by atoms with Gasteiger partial charge < -0.3 is 11.1 Å². The number of aliphatic imine (C=N–C) groups is 2. The standard InChI is InChI=1S/C14H22N6O/c1-11(16-3)13(10-15)19-12(2)14(21)17-6-4-8-20-9-5-7-18-20/h5,7,9-10H,4,6,8,15H2,1-3H3,(H,17,21)/b13-10+,16-11?,19-12?. The van der Waals surface area contributed by atoms with Crippen LogP contribution in [0, 0.1) is 0 Å². The minimum absolute atomic E-state index is 0.210. The maximum Gasteiger partial charge on any atom is 0.265 e. The summed E-state index contributed by atoms with van der Waals surface area (Å²) in [4.78, 5) is 20.1. The molecule has 0 unspecified atom stereocenters. The van der Waals surface area contributed by atoms with E-state index in [1.165, 1.54) is 6.20 Å². The number of hydrogen-bond acceptors (Lipinski definition) is 5. The molecule has 1 rings (SSSR count). The molecule has 1 heterocycles. The zero-order valence-corrected chi connectivity index (χ0v) is 12.7. The lowest BCUT2D eigenvalue weighted by molar-refractivity contribution is -0.114. The fourth-order valence-electron chi connectivity index (χ4n) is 1.59. The average Bonchev–Trinajstić information content (AvgIpc) is 3.01. The number of rotatable bonds is 7. The summed E-state index contributed by atoms with van der Waals surface area (Å²) in [6.07, 6.45) is 5.76. The fourth-order valence-corrected chi connectivity index (χ4v) is 1.59. The molecule has 0 aromatic carbocycles. The van der Waals surface area contributed by atoms with E-state index in [2.05, 4.69) is 20.4 Å². The van der Waals surface area contributed by atoms with Crippen LogP contribution in [0.15, 0.2) is 40.3 Å². The van der Waals surface area contributed by atoms with Gasteiger partial charge in [-0.2, -0.15) is 5.10 Å². The summed E-state index contributed by atoms with van der Waals surface area (Å²) in [5.74, 6) is -0.210. The Bertz CT molecular complexity index is 542. The topological polar surface area (TPSA) is 97.7 Å². The first-order valence-corrected chi connectivity index (χ1v) is 6.75. The van der Waals surface area contributed by atoms with Gasteiger partial charge in [0.05, 0.1) is 11.4 Å². The van der Waals surface area contributed by atoms with Crippen molar-refractivity contribution in [3.05, 3.63) is 30.4 Å². The molecule has 7 heteroatoms. The summed E-state index contributed by atoms with van der Waals surface area (Å²) < 4.78 is 1.82. The fraction of sp³-hybridized carbons (Fsp3) is 0.429. The van der Waals surface area contributed by atoms with E-state index in [0.717, 1.165) is 13.0 Å². The largest absolute Gasteiger partial charge is 0.403 e. The average molecular weight is 290 g/mol. The van der Waals surface area contributed by atoms with Gasteiger partial charge in [0, 0.05) is 38.7 Å². The molecule has 21 heavy (non-hydrogen) atoms. The Kier molecular flexibility index (Phi) is 6.86. The highest BCUT2D eigenvalue weighted by atomic mass is 16.1. The van der Waals surface area contributed by atoms with E-state index in [1.807, 2.05) is 16.9 Å². The van der Waals surface area contributed by atoms with Crippen molar-refractivity contribution in [3.8, 4) is 0 Å². The summed E-state index contributed by atoms with van der Waals surface area (Å²) >= 11 is 0. The minimum atomic E-state index is -0.210. The number of carbonyl (C=O) groups is 1. The van der Waals surface area contributed by atoms with Crippen molar-refractivity contribution in [2.24, 2.45) is 15.7 Å². The second kappa shape index (κ2) is 8.68. The molecular weight excluding hydrogens is 268 g/mol. The summed E-state index contributed by atoms with van der Waals surface area (Å²) in [6.45, 7) is 4.76. The summed E-state index contributed by atoms with van der Waals surface area (Å²) in [5.41, 5.74) is 7.02. The molecule has 3 N–H and O–H groups in total. The zero-order valence-electron chi connectivity index (χ0n) is 12.7. The van der Waals surface area contributed by atoms with Crippen LogP contribution in [-0.4, -0.2) is 40.7 Å². The molecule has 0 saturated carbocycles. The molecule has 1 aromatic rings. The molecule has 0 saturated heterocycles. The molecule has 1 amide bonds. The van der Waals surface area contributed by atoms with Gasteiger partial charge in [0.2, 0.25) is 0 Å². The molecule has 0 aliphatic heterocycles. The van der Waals surface area contributed by atoms with E-state index in [1.54, 1.807) is 27.1 Å². The third kappa shape index (κ3) is 5.60. The zero-order chi connectivity index (χ0) is 15.7. The predicted octanol–water partition coefficient (Wildman–Crippen LogP) is 0.741. The number of nitrogens with one attached hydrogen (secondary N) is 1. The van der Waals surface area contributed by atoms with Crippen LogP contribution in [-0.2, 0) is 11.3 Å². The Morgan fingerprint density at radius 2 is 2.19 bits per heavy atom. The maximum atomic E-state index is 11.9. The quantitative estimate of drug-likeness (QED) is 0.572. The monoisotopic (exact) mass is 290 g/mol. The van der Waals surface area contributed by atoms with E-state index in [4.69, 9.17) is 5.73 Å². The molecule has 0 radical (unpaired) electrons. The smallest absolute Gasteiger partial charge is 0.265 e. The SMILES string of the molecule is CN=C(C)/C(=C\N)N=C(C)C(=O)NCCCn1cccn1. The van der Waals surface area contributed by atoms with Gasteiger partial charge in [0.15, 0.2) is 0 Å². The molecule has 0 atom stereocenters. The summed E-state index contributed by atoms with van der Waals surface area (Å²) in [7, 11) is 1.65. The molecule has 114 valence electrons. The van der Waals surface area contributed by atoms with Crippen molar-refractivity contribution < 1.29 is 4.79 Å². The number of aromatic nitrogens is 2. The van der Waals surface area contributed by atoms with Crippen molar-refractivity contribution in [2.45, 2.75) is 26.8 Å². The number of allylic oxidation sites excluding steroid dienone is 1. The van der Waals surface area contributed by atoms with Crippen LogP contribution in [0.1, 0.15) is 20.3 Å². The van der Waals surface area contributed by atoms with E-state index in [0.29, 0.717) is 23.7 Å². The third-order valence-electron chi connectivity index (χ3n) is 2.89. The number of nitrogens with two attached hydrogens (primary N) is 1. The number of aryl methyl sites for hydroxylation is 1. The number of carbonyl (C=O) groups excluding carboxylic acids is 1. The van der Waals surface area contributed by atoms with Crippen LogP contribution < -0.4 is 11.1 Å². The van der Waals surface area contributed by atoms with Gasteiger partial charge in [0.1, 0.15) is 5.71 Å². The lowest BCUT2D eigenvalue weighted by Gasteiger charge is -2.06. The number of amides is 1. The molecular formula is C14H22N6O. The second-order valence-corrected chi connectivity index (χ2v) is 4.44. The Balaban J connectivity index is 2.43. The first-order valence-electron chi connectivity index (χ1n) is 6.75. The molecule has 0 fully saturated rings. The maximum absolute atomic E-state index is 11.9. The van der Waals surface area contributed by atoms with Crippen molar-refractivity contribution >= 4 is 17.3 Å². The van der Waals surface area contributed by atoms with Crippen LogP contribution in [0.25, 0.3) is 0 Å². The number of nitrogens with zero attached hydrogens (tertiary/aromatic N) is 4. The first-order chi connectivity index (χ1) is 10.1. The highest BCUT2D eigenvalue weighted by molar-refractivity contribution is 6.38. The molecule has 0 aliphatic carbocycles. The summed E-state index contributed by atoms with van der Waals surface area (Å²) in [6, 6.07) is 1.87. The van der Waals surface area contributed by atoms with Gasteiger partial charge in [-0.05, 0) is 26.3 Å². The lowest BCUT2D eigenvalue weighted by Crippen LogP contribution is -2.31. The van der Waals surface area contributed by atoms with Gasteiger partial charge in [-0.15, -0.1) is 0 Å². The molecule has 0 bridgehead atoms. The van der Waals surface area contributed by atoms with Gasteiger partial charge in [-0.3, -0.25) is 14.5 Å². The van der Waals surface area contributed by atoms with Crippen molar-refractivity contribution in [1.82, 2.24) is 15.1 Å². The highest BCUT2D eigenvalue weighted by Gasteiger charge is 2.07. The van der Waals surface area contributed by atoms with Crippen molar-refractivity contribution in [3.63, 3.8) is 0 Å². The van der Waals surface area contributed by atoms with Crippen LogP contribution in [0.3, 0.4) is 0 Å². The normalized spacial score (nSPS) is 13.4. The van der Waals surface area contributed by atoms with E-state index >= 15 is 0 Å². The van der Waals surface area contributed by atoms with Gasteiger partial charge in [-0.1, -0.05) is 0 Å². The van der Waals surface area contributed by atoms with E-state index in [9.17, 15) is 4.79 Å². The lowest BCUT2D eigenvalue weighted by atomic mass is 10.3. The molecule has 0 aliphatic rings. The molecule has 7 nitrogen and oxygen atoms in total. The molecule has 0 spiro atoms. The van der Waals surface area contributed by atoms with Gasteiger partial charge >= 0.3 is 0 Å². The van der Waals surface area contributed by atoms with Gasteiger partial charge in [0.25, 0.3) is 5.91 Å². The van der Waals surface area contributed by atoms with E-state index < -0.39 is 0 Å². The highest BCUT2D eigenvalue weighted by Crippen LogP contribution is 1.99. The van der Waals surface area contributed by atoms with Crippen molar-refractivity contribution in [1.29, 1.82) is 0 Å². The van der Waals surface area contributed by atoms with Crippen LogP contribution >= 0.6 is 0 Å². The minimum Gasteiger partial charge on any atom is -0.403 e. The van der Waals surface area contributed by atoms with Crippen molar-refractivity contribution in [2.75, 3.05) is 13.6 Å². The summed E-state index contributed by atoms with van der Waals surface area (Å²) in [5, 5.41) is 6.91. The predicted molar refractivity (Wildman–Crippen MR) is 84.3 cm³/mol. The Labute approximate surface area is 124 Å². The van der Waals surface area contributed by atoms with Crippen LogP contribution in [0.5, 0.6) is 0 Å². The molecule has 1 aromatic heterocycles. The van der Waals surface area contributed by atoms with Crippen LogP contribution in [0.2, 0.25) is 0 Å². The Morgan fingerprint density at radius 3 is 2.76 bits per heavy atom. The second-order valence-electron chi connectivity index (χ2n) is 4.44. The van der Waals surface area contributed by atoms with E-state index in [-0.39, 0.29) is 5.91 Å². The number of hydrogen-bond donors (Lipinski definition) is 2. The van der Waals surface area contributed by atoms with Gasteiger partial charge in [-0.25, -0.2) is 4.99 Å².